The van der Waals surface area contributed by atoms with Crippen LogP contribution in [0.15, 0.2) is 64.0 Å². The number of nitrogens with zero attached hydrogens (tertiary/aromatic N) is 4. The summed E-state index contributed by atoms with van der Waals surface area (Å²) in [6.45, 7) is 4.10. The lowest BCUT2D eigenvalue weighted by Crippen LogP contribution is -2.28. The first kappa shape index (κ1) is 22.3. The number of thioether (sulfide) groups is 1. The number of aromatic nitrogens is 2. The largest absolute Gasteiger partial charge is 0.497 e. The van der Waals surface area contributed by atoms with E-state index in [1.54, 1.807) is 12.1 Å². The van der Waals surface area contributed by atoms with Crippen LogP contribution in [0.3, 0.4) is 0 Å². The number of nitrogens with one attached hydrogen (secondary N) is 1. The molecule has 0 bridgehead atoms. The maximum Gasteiger partial charge on any atom is 0.253 e. The highest BCUT2D eigenvalue weighted by molar-refractivity contribution is 8.01. The van der Waals surface area contributed by atoms with Crippen molar-refractivity contribution in [2.45, 2.75) is 36.7 Å². The molecule has 0 spiro atoms. The van der Waals surface area contributed by atoms with Gasteiger partial charge < -0.3 is 10.1 Å². The van der Waals surface area contributed by atoms with Crippen LogP contribution in [0, 0.1) is 0 Å². The van der Waals surface area contributed by atoms with Crippen molar-refractivity contribution in [2.75, 3.05) is 18.2 Å². The molecular formula is C23H25N5O2S2. The minimum absolute atomic E-state index is 0.0599. The molecule has 2 heterocycles. The van der Waals surface area contributed by atoms with Crippen molar-refractivity contribution >= 4 is 39.8 Å². The van der Waals surface area contributed by atoms with E-state index in [2.05, 4.69) is 15.5 Å². The molecule has 1 atom stereocenters. The SMILES string of the molecule is COc1ccc(C2CC(c3ccccc3)=NN2C(=O)CSc2nnc(NC(C)C)s2)cc1. The van der Waals surface area contributed by atoms with Crippen LogP contribution in [0.2, 0.25) is 0 Å². The maximum absolute atomic E-state index is 13.2. The topological polar surface area (TPSA) is 79.7 Å². The molecule has 0 saturated carbocycles. The number of amides is 1. The number of carbonyl (C=O) groups excluding carboxylic acids is 1. The summed E-state index contributed by atoms with van der Waals surface area (Å²) in [6.07, 6.45) is 0.661. The second-order valence-corrected chi connectivity index (χ2v) is 9.80. The Morgan fingerprint density at radius 1 is 1.19 bits per heavy atom. The van der Waals surface area contributed by atoms with Gasteiger partial charge in [-0.3, -0.25) is 4.79 Å². The van der Waals surface area contributed by atoms with Gasteiger partial charge in [0, 0.05) is 12.5 Å². The molecule has 166 valence electrons. The van der Waals surface area contributed by atoms with E-state index in [9.17, 15) is 4.79 Å². The number of hydrogen-bond donors (Lipinski definition) is 1. The van der Waals surface area contributed by atoms with Crippen LogP contribution >= 0.6 is 23.1 Å². The summed E-state index contributed by atoms with van der Waals surface area (Å²) in [6, 6.07) is 17.9. The van der Waals surface area contributed by atoms with Crippen molar-refractivity contribution in [1.82, 2.24) is 15.2 Å². The Labute approximate surface area is 195 Å². The van der Waals surface area contributed by atoms with Crippen molar-refractivity contribution in [3.63, 3.8) is 0 Å². The van der Waals surface area contributed by atoms with Crippen LogP contribution in [0.4, 0.5) is 5.13 Å². The molecule has 2 aromatic carbocycles. The number of carbonyl (C=O) groups is 1. The number of anilines is 1. The van der Waals surface area contributed by atoms with E-state index >= 15 is 0 Å². The number of hydrazone groups is 1. The number of benzene rings is 2. The highest BCUT2D eigenvalue weighted by Crippen LogP contribution is 2.35. The molecule has 1 aliphatic rings. The zero-order valence-corrected chi connectivity index (χ0v) is 19.8. The fourth-order valence-electron chi connectivity index (χ4n) is 3.39. The third-order valence-corrected chi connectivity index (χ3v) is 6.88. The van der Waals surface area contributed by atoms with E-state index in [1.807, 2.05) is 68.4 Å². The van der Waals surface area contributed by atoms with Crippen molar-refractivity contribution < 1.29 is 9.53 Å². The van der Waals surface area contributed by atoms with Crippen molar-refractivity contribution in [2.24, 2.45) is 5.10 Å². The Bertz CT molecular complexity index is 1080. The third kappa shape index (κ3) is 5.28. The number of ether oxygens (including phenoxy) is 1. The van der Waals surface area contributed by atoms with Crippen LogP contribution in [0.25, 0.3) is 0 Å². The highest BCUT2D eigenvalue weighted by Gasteiger charge is 2.33. The average molecular weight is 468 g/mol. The third-order valence-electron chi connectivity index (χ3n) is 4.91. The highest BCUT2D eigenvalue weighted by atomic mass is 32.2. The summed E-state index contributed by atoms with van der Waals surface area (Å²) in [5.74, 6) is 0.968. The number of hydrogen-bond acceptors (Lipinski definition) is 8. The summed E-state index contributed by atoms with van der Waals surface area (Å²) in [5.41, 5.74) is 2.96. The zero-order valence-electron chi connectivity index (χ0n) is 18.2. The Hall–Kier alpha value is -2.91. The van der Waals surface area contributed by atoms with Crippen LogP contribution in [0.1, 0.15) is 37.4 Å². The summed E-state index contributed by atoms with van der Waals surface area (Å²) >= 11 is 2.84. The first-order valence-electron chi connectivity index (χ1n) is 10.3. The van der Waals surface area contributed by atoms with E-state index in [1.165, 1.54) is 23.1 Å². The van der Waals surface area contributed by atoms with Gasteiger partial charge in [0.25, 0.3) is 5.91 Å². The fourth-order valence-corrected chi connectivity index (χ4v) is 5.14. The van der Waals surface area contributed by atoms with Gasteiger partial charge in [-0.25, -0.2) is 5.01 Å². The molecule has 32 heavy (non-hydrogen) atoms. The first-order valence-corrected chi connectivity index (χ1v) is 12.2. The second kappa shape index (κ2) is 10.1. The number of methoxy groups -OCH3 is 1. The lowest BCUT2D eigenvalue weighted by atomic mass is 9.98. The van der Waals surface area contributed by atoms with Gasteiger partial charge in [-0.1, -0.05) is 65.6 Å². The first-order chi connectivity index (χ1) is 15.5. The van der Waals surface area contributed by atoms with Gasteiger partial charge in [0.1, 0.15) is 5.75 Å². The van der Waals surface area contributed by atoms with Crippen LogP contribution in [-0.4, -0.2) is 45.7 Å². The lowest BCUT2D eigenvalue weighted by Gasteiger charge is -2.22. The number of rotatable bonds is 8. The smallest absolute Gasteiger partial charge is 0.253 e. The van der Waals surface area contributed by atoms with E-state index in [0.717, 1.165) is 32.1 Å². The zero-order chi connectivity index (χ0) is 22.5. The Morgan fingerprint density at radius 3 is 2.62 bits per heavy atom. The minimum Gasteiger partial charge on any atom is -0.497 e. The molecule has 4 rings (SSSR count). The van der Waals surface area contributed by atoms with Crippen LogP contribution in [0.5, 0.6) is 5.75 Å². The molecule has 7 nitrogen and oxygen atoms in total. The molecule has 9 heteroatoms. The summed E-state index contributed by atoms with van der Waals surface area (Å²) in [5, 5.41) is 18.6. The Kier molecular flexibility index (Phi) is 7.06. The molecule has 1 unspecified atom stereocenters. The van der Waals surface area contributed by atoms with Gasteiger partial charge in [-0.15, -0.1) is 10.2 Å². The van der Waals surface area contributed by atoms with Crippen LogP contribution < -0.4 is 10.1 Å². The van der Waals surface area contributed by atoms with E-state index in [-0.39, 0.29) is 23.7 Å². The Balaban J connectivity index is 1.51. The van der Waals surface area contributed by atoms with Gasteiger partial charge in [0.2, 0.25) is 5.13 Å². The molecule has 1 amide bonds. The van der Waals surface area contributed by atoms with Gasteiger partial charge in [0.15, 0.2) is 4.34 Å². The van der Waals surface area contributed by atoms with Gasteiger partial charge in [-0.2, -0.15) is 5.10 Å². The maximum atomic E-state index is 13.2. The lowest BCUT2D eigenvalue weighted by molar-refractivity contribution is -0.130. The molecule has 1 aliphatic heterocycles. The van der Waals surface area contributed by atoms with E-state index in [4.69, 9.17) is 9.84 Å². The minimum atomic E-state index is -0.156. The molecule has 0 fully saturated rings. The molecule has 0 aliphatic carbocycles. The second-order valence-electron chi connectivity index (χ2n) is 7.60. The van der Waals surface area contributed by atoms with Gasteiger partial charge in [-0.05, 0) is 37.1 Å². The average Bonchev–Trinajstić information content (AvgIpc) is 3.45. The standard InChI is InChI=1S/C23H25N5O2S2/c1-15(2)24-22-25-26-23(32-22)31-14-21(29)28-20(17-9-11-18(30-3)12-10-17)13-19(27-28)16-7-5-4-6-8-16/h4-12,15,20H,13-14H2,1-3H3,(H,24,25). The van der Waals surface area contributed by atoms with Gasteiger partial charge >= 0.3 is 0 Å². The quantitative estimate of drug-likeness (QED) is 0.478. The summed E-state index contributed by atoms with van der Waals surface area (Å²) < 4.78 is 6.04. The van der Waals surface area contributed by atoms with E-state index in [0.29, 0.717) is 6.42 Å². The van der Waals surface area contributed by atoms with Crippen molar-refractivity contribution in [1.29, 1.82) is 0 Å². The molecule has 1 N–H and O–H groups in total. The monoisotopic (exact) mass is 467 g/mol. The predicted octanol–water partition coefficient (Wildman–Crippen LogP) is 4.84. The Morgan fingerprint density at radius 2 is 1.94 bits per heavy atom. The molecule has 0 radical (unpaired) electrons. The molecule has 1 aromatic heterocycles. The summed E-state index contributed by atoms with van der Waals surface area (Å²) in [7, 11) is 1.64. The van der Waals surface area contributed by atoms with E-state index < -0.39 is 0 Å². The predicted molar refractivity (Wildman–Crippen MR) is 130 cm³/mol. The van der Waals surface area contributed by atoms with Gasteiger partial charge in [0.05, 0.1) is 24.6 Å². The van der Waals surface area contributed by atoms with Crippen molar-refractivity contribution in [3.05, 3.63) is 65.7 Å². The van der Waals surface area contributed by atoms with Crippen LogP contribution in [-0.2, 0) is 4.79 Å². The fraction of sp³-hybridized carbons (Fsp3) is 0.304. The van der Waals surface area contributed by atoms with Crippen molar-refractivity contribution in [3.8, 4) is 5.75 Å². The molecule has 0 saturated heterocycles. The summed E-state index contributed by atoms with van der Waals surface area (Å²) in [4.78, 5) is 13.2. The normalized spacial score (nSPS) is 15.7. The molecular weight excluding hydrogens is 442 g/mol. The molecule has 3 aromatic rings.